The molecule has 2 rings (SSSR count). The Morgan fingerprint density at radius 1 is 1.09 bits per heavy atom. The molecule has 1 fully saturated rings. The Balaban J connectivity index is 2.29. The normalized spacial score (nSPS) is 21.2. The lowest BCUT2D eigenvalue weighted by atomic mass is 9.94. The van der Waals surface area contributed by atoms with E-state index in [0.717, 1.165) is 5.56 Å². The van der Waals surface area contributed by atoms with Crippen LogP contribution < -0.4 is 0 Å². The van der Waals surface area contributed by atoms with E-state index in [4.69, 9.17) is 9.47 Å². The molecule has 1 unspecified atom stereocenters. The van der Waals surface area contributed by atoms with Gasteiger partial charge in [0.25, 0.3) is 0 Å². The molecule has 0 heterocycles. The van der Waals surface area contributed by atoms with Crippen molar-refractivity contribution in [2.75, 3.05) is 13.2 Å². The topological polar surface area (TPSA) is 52.6 Å². The van der Waals surface area contributed by atoms with Crippen LogP contribution in [0.3, 0.4) is 0 Å². The number of hydrogen-bond acceptors (Lipinski definition) is 4. The summed E-state index contributed by atoms with van der Waals surface area (Å²) in [5.41, 5.74) is -1.19. The lowest BCUT2D eigenvalue weighted by Gasteiger charge is -2.16. The van der Waals surface area contributed by atoms with Crippen LogP contribution in [0.25, 0.3) is 0 Å². The zero-order valence-corrected chi connectivity index (χ0v) is 13.1. The molecule has 1 aromatic rings. The SMILES string of the molecule is CCOC(=O)C1(C(=O)OCC)CC1(C)C#Cc1ccccc1. The van der Waals surface area contributed by atoms with Crippen LogP contribution in [-0.4, -0.2) is 25.2 Å². The molecule has 0 amide bonds. The highest BCUT2D eigenvalue weighted by Gasteiger charge is 2.76. The first-order valence-corrected chi connectivity index (χ1v) is 7.43. The van der Waals surface area contributed by atoms with Gasteiger partial charge < -0.3 is 9.47 Å². The Labute approximate surface area is 130 Å². The third-order valence-electron chi connectivity index (χ3n) is 3.94. The zero-order chi connectivity index (χ0) is 16.2. The largest absolute Gasteiger partial charge is 0.465 e. The Hall–Kier alpha value is -2.28. The molecule has 1 aliphatic carbocycles. The van der Waals surface area contributed by atoms with Crippen molar-refractivity contribution >= 4 is 11.9 Å². The van der Waals surface area contributed by atoms with Gasteiger partial charge in [-0.3, -0.25) is 9.59 Å². The minimum absolute atomic E-state index is 0.224. The number of ether oxygens (including phenoxy) is 2. The van der Waals surface area contributed by atoms with Gasteiger partial charge in [0.15, 0.2) is 5.41 Å². The summed E-state index contributed by atoms with van der Waals surface area (Å²) in [6.45, 7) is 5.68. The van der Waals surface area contributed by atoms with E-state index in [1.54, 1.807) is 20.8 Å². The third-order valence-corrected chi connectivity index (χ3v) is 3.94. The van der Waals surface area contributed by atoms with Gasteiger partial charge in [-0.1, -0.05) is 30.0 Å². The summed E-state index contributed by atoms with van der Waals surface area (Å²) in [4.78, 5) is 24.6. The van der Waals surface area contributed by atoms with Crippen molar-refractivity contribution in [2.24, 2.45) is 10.8 Å². The molecular weight excluding hydrogens is 280 g/mol. The molecule has 0 bridgehead atoms. The van der Waals surface area contributed by atoms with Gasteiger partial charge in [-0.2, -0.15) is 0 Å². The van der Waals surface area contributed by atoms with Gasteiger partial charge in [0.05, 0.1) is 18.6 Å². The van der Waals surface area contributed by atoms with Crippen molar-refractivity contribution in [1.29, 1.82) is 0 Å². The molecular formula is C18H20O4. The van der Waals surface area contributed by atoms with Gasteiger partial charge in [0, 0.05) is 5.56 Å². The standard InChI is InChI=1S/C18H20O4/c1-4-21-15(19)18(16(20)22-5-2)13-17(18,3)12-11-14-9-7-6-8-10-14/h6-10H,4-5,13H2,1-3H3. The van der Waals surface area contributed by atoms with E-state index in [2.05, 4.69) is 11.8 Å². The van der Waals surface area contributed by atoms with Gasteiger partial charge in [-0.25, -0.2) is 0 Å². The molecule has 1 aliphatic rings. The smallest absolute Gasteiger partial charge is 0.325 e. The van der Waals surface area contributed by atoms with Crippen LogP contribution in [0.4, 0.5) is 0 Å². The minimum atomic E-state index is -1.29. The predicted octanol–water partition coefficient (Wildman–Crippen LogP) is 2.56. The molecule has 0 N–H and O–H groups in total. The van der Waals surface area contributed by atoms with Crippen molar-refractivity contribution < 1.29 is 19.1 Å². The molecule has 1 atom stereocenters. The van der Waals surface area contributed by atoms with Crippen LogP contribution >= 0.6 is 0 Å². The third kappa shape index (κ3) is 2.71. The van der Waals surface area contributed by atoms with E-state index >= 15 is 0 Å². The molecule has 4 nitrogen and oxygen atoms in total. The van der Waals surface area contributed by atoms with Crippen molar-refractivity contribution in [3.63, 3.8) is 0 Å². The van der Waals surface area contributed by atoms with Crippen LogP contribution in [0, 0.1) is 22.7 Å². The van der Waals surface area contributed by atoms with Gasteiger partial charge in [0.2, 0.25) is 0 Å². The molecule has 4 heteroatoms. The lowest BCUT2D eigenvalue weighted by Crippen LogP contribution is -2.34. The summed E-state index contributed by atoms with van der Waals surface area (Å²) in [6.07, 6.45) is 0.331. The Morgan fingerprint density at radius 2 is 1.64 bits per heavy atom. The highest BCUT2D eigenvalue weighted by molar-refractivity contribution is 6.05. The fourth-order valence-electron chi connectivity index (χ4n) is 2.56. The minimum Gasteiger partial charge on any atom is -0.465 e. The molecule has 0 spiro atoms. The molecule has 1 aromatic carbocycles. The van der Waals surface area contributed by atoms with Gasteiger partial charge in [-0.05, 0) is 39.3 Å². The van der Waals surface area contributed by atoms with E-state index < -0.39 is 22.8 Å². The van der Waals surface area contributed by atoms with Crippen LogP contribution in [0.15, 0.2) is 30.3 Å². The summed E-state index contributed by atoms with van der Waals surface area (Å²) in [6, 6.07) is 9.46. The van der Waals surface area contributed by atoms with Gasteiger partial charge >= 0.3 is 11.9 Å². The summed E-state index contributed by atoms with van der Waals surface area (Å²) in [5, 5.41) is 0. The Morgan fingerprint density at radius 3 is 2.14 bits per heavy atom. The average Bonchev–Trinajstić information content (AvgIpc) is 3.15. The molecule has 22 heavy (non-hydrogen) atoms. The monoisotopic (exact) mass is 300 g/mol. The molecule has 0 aromatic heterocycles. The van der Waals surface area contributed by atoms with E-state index in [9.17, 15) is 9.59 Å². The summed E-state index contributed by atoms with van der Waals surface area (Å²) in [5.74, 6) is 5.01. The Bertz CT molecular complexity index is 605. The van der Waals surface area contributed by atoms with E-state index in [1.807, 2.05) is 30.3 Å². The molecule has 0 aliphatic heterocycles. The fourth-order valence-corrected chi connectivity index (χ4v) is 2.56. The molecule has 0 saturated heterocycles. The van der Waals surface area contributed by atoms with Crippen LogP contribution in [-0.2, 0) is 19.1 Å². The maximum absolute atomic E-state index is 12.3. The lowest BCUT2D eigenvalue weighted by molar-refractivity contribution is -0.165. The number of hydrogen-bond donors (Lipinski definition) is 0. The predicted molar refractivity (Wildman–Crippen MR) is 81.7 cm³/mol. The summed E-state index contributed by atoms with van der Waals surface area (Å²) < 4.78 is 10.2. The number of benzene rings is 1. The van der Waals surface area contributed by atoms with E-state index in [1.165, 1.54) is 0 Å². The number of carbonyl (C=O) groups excluding carboxylic acids is 2. The first-order chi connectivity index (χ1) is 10.5. The summed E-state index contributed by atoms with van der Waals surface area (Å²) >= 11 is 0. The quantitative estimate of drug-likeness (QED) is 0.487. The summed E-state index contributed by atoms with van der Waals surface area (Å²) in [7, 11) is 0. The van der Waals surface area contributed by atoms with Crippen LogP contribution in [0.1, 0.15) is 32.8 Å². The number of rotatable bonds is 4. The zero-order valence-electron chi connectivity index (χ0n) is 13.1. The van der Waals surface area contributed by atoms with Crippen molar-refractivity contribution in [3.05, 3.63) is 35.9 Å². The first kappa shape index (κ1) is 16.1. The maximum Gasteiger partial charge on any atom is 0.325 e. The number of esters is 2. The van der Waals surface area contributed by atoms with Gasteiger partial charge in [-0.15, -0.1) is 0 Å². The van der Waals surface area contributed by atoms with Crippen molar-refractivity contribution in [3.8, 4) is 11.8 Å². The average molecular weight is 300 g/mol. The van der Waals surface area contributed by atoms with Gasteiger partial charge in [0.1, 0.15) is 0 Å². The molecule has 116 valence electrons. The van der Waals surface area contributed by atoms with Crippen molar-refractivity contribution in [2.45, 2.75) is 27.2 Å². The second-order valence-electron chi connectivity index (χ2n) is 5.47. The van der Waals surface area contributed by atoms with Crippen molar-refractivity contribution in [1.82, 2.24) is 0 Å². The van der Waals surface area contributed by atoms with Crippen LogP contribution in [0.5, 0.6) is 0 Å². The Kier molecular flexibility index (Phi) is 4.56. The van der Waals surface area contributed by atoms with E-state index in [0.29, 0.717) is 6.42 Å². The maximum atomic E-state index is 12.3. The highest BCUT2D eigenvalue weighted by atomic mass is 16.6. The molecule has 1 saturated carbocycles. The van der Waals surface area contributed by atoms with Crippen LogP contribution in [0.2, 0.25) is 0 Å². The highest BCUT2D eigenvalue weighted by Crippen LogP contribution is 2.64. The second kappa shape index (κ2) is 6.23. The second-order valence-corrected chi connectivity index (χ2v) is 5.47. The first-order valence-electron chi connectivity index (χ1n) is 7.43. The number of carbonyl (C=O) groups is 2. The molecule has 0 radical (unpaired) electrons. The van der Waals surface area contributed by atoms with E-state index in [-0.39, 0.29) is 13.2 Å². The fraction of sp³-hybridized carbons (Fsp3) is 0.444.